The Bertz CT molecular complexity index is 1150. The molecule has 144 valence electrons. The van der Waals surface area contributed by atoms with E-state index in [1.54, 1.807) is 0 Å². The lowest BCUT2D eigenvalue weighted by atomic mass is 9.96. The first kappa shape index (κ1) is 16.7. The number of hydrogen-bond acceptors (Lipinski definition) is 5. The van der Waals surface area contributed by atoms with Gasteiger partial charge >= 0.3 is 0 Å². The van der Waals surface area contributed by atoms with Crippen LogP contribution in [0, 0.1) is 0 Å². The first-order valence-corrected chi connectivity index (χ1v) is 9.91. The lowest BCUT2D eigenvalue weighted by molar-refractivity contribution is -0.0189. The second kappa shape index (κ2) is 6.42. The zero-order valence-corrected chi connectivity index (χ0v) is 16.2. The zero-order chi connectivity index (χ0) is 19.4. The van der Waals surface area contributed by atoms with E-state index in [1.807, 2.05) is 65.7 Å². The summed E-state index contributed by atoms with van der Waals surface area (Å²) in [6, 6.07) is 22.0. The van der Waals surface area contributed by atoms with E-state index in [0.29, 0.717) is 5.02 Å². The summed E-state index contributed by atoms with van der Waals surface area (Å²) in [6.45, 7) is 0.260. The van der Waals surface area contributed by atoms with Crippen molar-refractivity contribution >= 4 is 17.3 Å². The highest BCUT2D eigenvalue weighted by Crippen LogP contribution is 2.48. The number of hydrazone groups is 1. The summed E-state index contributed by atoms with van der Waals surface area (Å²) < 4.78 is 17.3. The van der Waals surface area contributed by atoms with Crippen molar-refractivity contribution in [3.8, 4) is 17.2 Å². The molecule has 3 heterocycles. The zero-order valence-electron chi connectivity index (χ0n) is 15.4. The third-order valence-electron chi connectivity index (χ3n) is 5.58. The van der Waals surface area contributed by atoms with Gasteiger partial charge in [-0.1, -0.05) is 48.0 Å². The molecule has 0 spiro atoms. The van der Waals surface area contributed by atoms with Crippen molar-refractivity contribution in [2.75, 3.05) is 6.79 Å². The summed E-state index contributed by atoms with van der Waals surface area (Å²) in [5.41, 5.74) is 4.06. The molecule has 3 aromatic carbocycles. The lowest BCUT2D eigenvalue weighted by Gasteiger charge is -2.38. The maximum atomic E-state index is 6.51. The molecule has 0 bridgehead atoms. The molecule has 3 aliphatic rings. The van der Waals surface area contributed by atoms with Crippen molar-refractivity contribution in [2.45, 2.75) is 18.7 Å². The smallest absolute Gasteiger partial charge is 0.231 e. The fourth-order valence-corrected chi connectivity index (χ4v) is 4.39. The van der Waals surface area contributed by atoms with Crippen LogP contribution in [0.3, 0.4) is 0 Å². The maximum absolute atomic E-state index is 6.51. The van der Waals surface area contributed by atoms with Crippen molar-refractivity contribution in [1.82, 2.24) is 5.01 Å². The molecule has 0 aliphatic carbocycles. The van der Waals surface area contributed by atoms with Gasteiger partial charge in [0.25, 0.3) is 0 Å². The molecular weight excluding hydrogens is 388 g/mol. The van der Waals surface area contributed by atoms with E-state index in [0.717, 1.165) is 46.1 Å². The predicted molar refractivity (Wildman–Crippen MR) is 110 cm³/mol. The number of nitrogens with zero attached hydrogens (tertiary/aromatic N) is 2. The Kier molecular flexibility index (Phi) is 3.71. The van der Waals surface area contributed by atoms with E-state index in [-0.39, 0.29) is 19.1 Å². The highest BCUT2D eigenvalue weighted by atomic mass is 35.5. The molecule has 3 aliphatic heterocycles. The number of halogens is 1. The molecule has 0 radical (unpaired) electrons. The topological polar surface area (TPSA) is 43.3 Å². The molecular formula is C23H17ClN2O3. The van der Waals surface area contributed by atoms with E-state index in [4.69, 9.17) is 30.9 Å². The molecule has 5 nitrogen and oxygen atoms in total. The Labute approximate surface area is 173 Å². The average molecular weight is 405 g/mol. The summed E-state index contributed by atoms with van der Waals surface area (Å²) in [4.78, 5) is 0. The van der Waals surface area contributed by atoms with Crippen molar-refractivity contribution < 1.29 is 14.2 Å². The van der Waals surface area contributed by atoms with Crippen molar-refractivity contribution in [1.29, 1.82) is 0 Å². The van der Waals surface area contributed by atoms with Crippen LogP contribution < -0.4 is 14.2 Å². The van der Waals surface area contributed by atoms with Crippen LogP contribution in [0.1, 0.15) is 35.4 Å². The molecule has 3 aromatic rings. The van der Waals surface area contributed by atoms with E-state index < -0.39 is 0 Å². The quantitative estimate of drug-likeness (QED) is 0.580. The Morgan fingerprint density at radius 3 is 2.55 bits per heavy atom. The van der Waals surface area contributed by atoms with E-state index >= 15 is 0 Å². The minimum atomic E-state index is -0.380. The molecule has 2 unspecified atom stereocenters. The third-order valence-corrected chi connectivity index (χ3v) is 5.92. The van der Waals surface area contributed by atoms with Gasteiger partial charge in [0.1, 0.15) is 5.75 Å². The second-order valence-corrected chi connectivity index (χ2v) is 7.65. The Morgan fingerprint density at radius 2 is 1.66 bits per heavy atom. The van der Waals surface area contributed by atoms with Crippen LogP contribution in [0.5, 0.6) is 17.2 Å². The molecule has 6 heteroatoms. The normalized spacial score (nSPS) is 21.3. The predicted octanol–water partition coefficient (Wildman–Crippen LogP) is 5.31. The summed E-state index contributed by atoms with van der Waals surface area (Å²) in [7, 11) is 0. The standard InChI is InChI=1S/C23H17ClN2O3/c24-17-7-3-1-5-15(17)23-26-19(16-6-2-4-8-20(16)29-23)12-18(25-26)14-9-10-21-22(11-14)28-13-27-21/h1-11,19,23H,12-13H2. The molecule has 0 N–H and O–H groups in total. The van der Waals surface area contributed by atoms with Gasteiger partial charge in [0.2, 0.25) is 13.0 Å². The van der Waals surface area contributed by atoms with Gasteiger partial charge in [0.15, 0.2) is 11.5 Å². The molecule has 29 heavy (non-hydrogen) atoms. The molecule has 0 saturated heterocycles. The van der Waals surface area contributed by atoms with Crippen molar-refractivity contribution in [2.24, 2.45) is 5.10 Å². The number of benzene rings is 3. The highest BCUT2D eigenvalue weighted by Gasteiger charge is 2.41. The van der Waals surface area contributed by atoms with Crippen LogP contribution in [0.4, 0.5) is 0 Å². The molecule has 0 amide bonds. The largest absolute Gasteiger partial charge is 0.464 e. The fraction of sp³-hybridized carbons (Fsp3) is 0.174. The summed E-state index contributed by atoms with van der Waals surface area (Å²) in [6.07, 6.45) is 0.399. The number of ether oxygens (including phenoxy) is 3. The number of para-hydroxylation sites is 1. The van der Waals surface area contributed by atoms with Crippen LogP contribution in [-0.4, -0.2) is 17.5 Å². The highest BCUT2D eigenvalue weighted by molar-refractivity contribution is 6.31. The average Bonchev–Trinajstić information content (AvgIpc) is 3.40. The molecule has 0 saturated carbocycles. The monoisotopic (exact) mass is 404 g/mol. The number of fused-ring (bicyclic) bond motifs is 4. The van der Waals surface area contributed by atoms with Gasteiger partial charge in [0.05, 0.1) is 11.8 Å². The molecule has 6 rings (SSSR count). The number of rotatable bonds is 2. The van der Waals surface area contributed by atoms with Gasteiger partial charge in [-0.25, -0.2) is 5.01 Å². The van der Waals surface area contributed by atoms with Crippen LogP contribution in [0.2, 0.25) is 5.02 Å². The molecule has 2 atom stereocenters. The van der Waals surface area contributed by atoms with Gasteiger partial charge in [-0.3, -0.25) is 0 Å². The summed E-state index contributed by atoms with van der Waals surface area (Å²) in [5.74, 6) is 2.41. The fourth-order valence-electron chi connectivity index (χ4n) is 4.17. The van der Waals surface area contributed by atoms with Gasteiger partial charge in [0, 0.05) is 28.1 Å². The minimum absolute atomic E-state index is 0.0849. The lowest BCUT2D eigenvalue weighted by Crippen LogP contribution is -2.33. The Balaban J connectivity index is 1.45. The summed E-state index contributed by atoms with van der Waals surface area (Å²) >= 11 is 6.51. The Hall–Kier alpha value is -3.18. The van der Waals surface area contributed by atoms with Crippen LogP contribution in [0.25, 0.3) is 0 Å². The van der Waals surface area contributed by atoms with E-state index in [2.05, 4.69) is 6.07 Å². The maximum Gasteiger partial charge on any atom is 0.231 e. The second-order valence-electron chi connectivity index (χ2n) is 7.24. The SMILES string of the molecule is Clc1ccccc1C1Oc2ccccc2C2CC(c3ccc4c(c3)OCO4)=NN21. The third kappa shape index (κ3) is 2.65. The molecule has 0 aromatic heterocycles. The van der Waals surface area contributed by atoms with Crippen LogP contribution in [0.15, 0.2) is 71.8 Å². The van der Waals surface area contributed by atoms with Crippen LogP contribution >= 0.6 is 11.6 Å². The van der Waals surface area contributed by atoms with Gasteiger partial charge in [-0.05, 0) is 30.3 Å². The first-order valence-electron chi connectivity index (χ1n) is 9.54. The first-order chi connectivity index (χ1) is 14.3. The van der Waals surface area contributed by atoms with Gasteiger partial charge in [-0.15, -0.1) is 0 Å². The van der Waals surface area contributed by atoms with Gasteiger partial charge in [-0.2, -0.15) is 5.10 Å². The van der Waals surface area contributed by atoms with Crippen molar-refractivity contribution in [3.05, 3.63) is 88.4 Å². The minimum Gasteiger partial charge on any atom is -0.464 e. The molecule has 0 fully saturated rings. The van der Waals surface area contributed by atoms with Crippen molar-refractivity contribution in [3.63, 3.8) is 0 Å². The number of hydrogen-bond donors (Lipinski definition) is 0. The van der Waals surface area contributed by atoms with Gasteiger partial charge < -0.3 is 14.2 Å². The Morgan fingerprint density at radius 1 is 0.862 bits per heavy atom. The van der Waals surface area contributed by atoms with E-state index in [9.17, 15) is 0 Å². The van der Waals surface area contributed by atoms with E-state index in [1.165, 1.54) is 0 Å². The summed E-state index contributed by atoms with van der Waals surface area (Å²) in [5, 5.41) is 7.67. The van der Waals surface area contributed by atoms with Crippen LogP contribution in [-0.2, 0) is 0 Å².